The molecule has 4 nitrogen and oxygen atoms in total. The summed E-state index contributed by atoms with van der Waals surface area (Å²) >= 11 is 6.08. The van der Waals surface area contributed by atoms with E-state index in [-0.39, 0.29) is 4.90 Å². The summed E-state index contributed by atoms with van der Waals surface area (Å²) in [5, 5.41) is 3.40. The molecule has 0 spiro atoms. The molecule has 0 aliphatic heterocycles. The lowest BCUT2D eigenvalue weighted by atomic mass is 10.2. The first-order chi connectivity index (χ1) is 9.53. The SMILES string of the molecule is CNCc1ccc(S(=O)(=O)Nc2ccccc2)cc1Cl. The van der Waals surface area contributed by atoms with Crippen molar-refractivity contribution < 1.29 is 8.42 Å². The predicted molar refractivity (Wildman–Crippen MR) is 81.5 cm³/mol. The summed E-state index contributed by atoms with van der Waals surface area (Å²) in [5.41, 5.74) is 1.37. The zero-order chi connectivity index (χ0) is 14.6. The fraction of sp³-hybridized carbons (Fsp3) is 0.143. The van der Waals surface area contributed by atoms with Gasteiger partial charge in [0.15, 0.2) is 0 Å². The molecule has 0 fully saturated rings. The number of rotatable bonds is 5. The zero-order valence-corrected chi connectivity index (χ0v) is 12.5. The fourth-order valence-corrected chi connectivity index (χ4v) is 3.15. The van der Waals surface area contributed by atoms with Crippen LogP contribution in [0.4, 0.5) is 5.69 Å². The molecule has 0 aliphatic rings. The Morgan fingerprint density at radius 3 is 2.40 bits per heavy atom. The molecular formula is C14H15ClN2O2S. The molecule has 2 rings (SSSR count). The first-order valence-electron chi connectivity index (χ1n) is 6.04. The van der Waals surface area contributed by atoms with Crippen molar-refractivity contribution in [1.82, 2.24) is 5.32 Å². The van der Waals surface area contributed by atoms with Crippen molar-refractivity contribution in [3.8, 4) is 0 Å². The monoisotopic (exact) mass is 310 g/mol. The maximum atomic E-state index is 12.2. The third-order valence-electron chi connectivity index (χ3n) is 2.73. The molecule has 2 aromatic rings. The highest BCUT2D eigenvalue weighted by Gasteiger charge is 2.15. The average Bonchev–Trinajstić information content (AvgIpc) is 2.42. The number of anilines is 1. The quantitative estimate of drug-likeness (QED) is 0.893. The lowest BCUT2D eigenvalue weighted by Gasteiger charge is -2.10. The van der Waals surface area contributed by atoms with Crippen LogP contribution in [-0.4, -0.2) is 15.5 Å². The van der Waals surface area contributed by atoms with Gasteiger partial charge in [0.1, 0.15) is 0 Å². The van der Waals surface area contributed by atoms with Gasteiger partial charge < -0.3 is 5.32 Å². The summed E-state index contributed by atoms with van der Waals surface area (Å²) in [6.07, 6.45) is 0. The molecule has 0 heterocycles. The maximum Gasteiger partial charge on any atom is 0.261 e. The van der Waals surface area contributed by atoms with E-state index in [2.05, 4.69) is 10.0 Å². The van der Waals surface area contributed by atoms with Crippen molar-refractivity contribution >= 4 is 27.3 Å². The van der Waals surface area contributed by atoms with Crippen LogP contribution in [0.3, 0.4) is 0 Å². The van der Waals surface area contributed by atoms with E-state index in [4.69, 9.17) is 11.6 Å². The van der Waals surface area contributed by atoms with Gasteiger partial charge in [0, 0.05) is 17.3 Å². The molecule has 0 radical (unpaired) electrons. The highest BCUT2D eigenvalue weighted by atomic mass is 35.5. The van der Waals surface area contributed by atoms with Crippen LogP contribution in [0.25, 0.3) is 0 Å². The van der Waals surface area contributed by atoms with Crippen LogP contribution in [0.5, 0.6) is 0 Å². The van der Waals surface area contributed by atoms with Crippen LogP contribution in [0.1, 0.15) is 5.56 Å². The van der Waals surface area contributed by atoms with E-state index in [1.54, 1.807) is 43.4 Å². The summed E-state index contributed by atoms with van der Waals surface area (Å²) in [6.45, 7) is 0.589. The van der Waals surface area contributed by atoms with Crippen LogP contribution in [-0.2, 0) is 16.6 Å². The highest BCUT2D eigenvalue weighted by molar-refractivity contribution is 7.92. The van der Waals surface area contributed by atoms with E-state index in [0.29, 0.717) is 17.3 Å². The average molecular weight is 311 g/mol. The molecule has 2 N–H and O–H groups in total. The van der Waals surface area contributed by atoms with Crippen LogP contribution < -0.4 is 10.0 Å². The van der Waals surface area contributed by atoms with E-state index < -0.39 is 10.0 Å². The molecule has 0 saturated carbocycles. The summed E-state index contributed by atoms with van der Waals surface area (Å²) in [4.78, 5) is 0.145. The number of sulfonamides is 1. The van der Waals surface area contributed by atoms with Gasteiger partial charge in [0.05, 0.1) is 4.90 Å². The van der Waals surface area contributed by atoms with Crippen molar-refractivity contribution in [1.29, 1.82) is 0 Å². The Morgan fingerprint density at radius 2 is 1.80 bits per heavy atom. The molecule has 0 atom stereocenters. The molecule has 0 saturated heterocycles. The van der Waals surface area contributed by atoms with Crippen LogP contribution in [0, 0.1) is 0 Å². The Balaban J connectivity index is 2.28. The Morgan fingerprint density at radius 1 is 1.10 bits per heavy atom. The molecule has 0 aliphatic carbocycles. The molecule has 6 heteroatoms. The largest absolute Gasteiger partial charge is 0.316 e. The van der Waals surface area contributed by atoms with Gasteiger partial charge in [0.2, 0.25) is 0 Å². The Bertz CT molecular complexity index is 688. The predicted octanol–water partition coefficient (Wildman–Crippen LogP) is 2.86. The summed E-state index contributed by atoms with van der Waals surface area (Å²) in [6, 6.07) is 13.4. The van der Waals surface area contributed by atoms with E-state index in [1.807, 2.05) is 6.07 Å². The first-order valence-corrected chi connectivity index (χ1v) is 7.90. The van der Waals surface area contributed by atoms with E-state index >= 15 is 0 Å². The minimum Gasteiger partial charge on any atom is -0.316 e. The zero-order valence-electron chi connectivity index (χ0n) is 10.9. The van der Waals surface area contributed by atoms with E-state index in [0.717, 1.165) is 5.56 Å². The van der Waals surface area contributed by atoms with Gasteiger partial charge in [-0.05, 0) is 36.9 Å². The molecule has 0 bridgehead atoms. The van der Waals surface area contributed by atoms with Crippen molar-refractivity contribution in [3.63, 3.8) is 0 Å². The second kappa shape index (κ2) is 6.26. The van der Waals surface area contributed by atoms with Gasteiger partial charge in [0.25, 0.3) is 10.0 Å². The number of hydrogen-bond acceptors (Lipinski definition) is 3. The topological polar surface area (TPSA) is 58.2 Å². The summed E-state index contributed by atoms with van der Waals surface area (Å²) in [5.74, 6) is 0. The molecule has 20 heavy (non-hydrogen) atoms. The first kappa shape index (κ1) is 14.8. The minimum atomic E-state index is -3.62. The van der Waals surface area contributed by atoms with Gasteiger partial charge in [-0.25, -0.2) is 8.42 Å². The molecule has 2 aromatic carbocycles. The highest BCUT2D eigenvalue weighted by Crippen LogP contribution is 2.22. The van der Waals surface area contributed by atoms with Crippen molar-refractivity contribution in [3.05, 3.63) is 59.1 Å². The van der Waals surface area contributed by atoms with Gasteiger partial charge in [-0.15, -0.1) is 0 Å². The van der Waals surface area contributed by atoms with Crippen molar-refractivity contribution in [2.75, 3.05) is 11.8 Å². The second-order valence-corrected chi connectivity index (χ2v) is 6.34. The van der Waals surface area contributed by atoms with Crippen LogP contribution in [0.2, 0.25) is 5.02 Å². The number of benzene rings is 2. The third kappa shape index (κ3) is 3.50. The minimum absolute atomic E-state index is 0.145. The number of nitrogens with one attached hydrogen (secondary N) is 2. The Kier molecular flexibility index (Phi) is 4.65. The van der Waals surface area contributed by atoms with Crippen molar-refractivity contribution in [2.24, 2.45) is 0 Å². The Labute approximate surface area is 123 Å². The van der Waals surface area contributed by atoms with Gasteiger partial charge in [-0.2, -0.15) is 0 Å². The van der Waals surface area contributed by atoms with Gasteiger partial charge >= 0.3 is 0 Å². The number of para-hydroxylation sites is 1. The van der Waals surface area contributed by atoms with Crippen molar-refractivity contribution in [2.45, 2.75) is 11.4 Å². The van der Waals surface area contributed by atoms with E-state index in [9.17, 15) is 8.42 Å². The second-order valence-electron chi connectivity index (χ2n) is 4.26. The molecule has 0 amide bonds. The third-order valence-corrected chi connectivity index (χ3v) is 4.46. The molecule has 106 valence electrons. The fourth-order valence-electron chi connectivity index (χ4n) is 1.75. The van der Waals surface area contributed by atoms with Crippen LogP contribution >= 0.6 is 11.6 Å². The van der Waals surface area contributed by atoms with Gasteiger partial charge in [-0.1, -0.05) is 35.9 Å². The maximum absolute atomic E-state index is 12.2. The lowest BCUT2D eigenvalue weighted by molar-refractivity contribution is 0.601. The standard InChI is InChI=1S/C14H15ClN2O2S/c1-16-10-11-7-8-13(9-14(11)15)20(18,19)17-12-5-3-2-4-6-12/h2-9,16-17H,10H2,1H3. The Hall–Kier alpha value is -1.56. The van der Waals surface area contributed by atoms with Gasteiger partial charge in [-0.3, -0.25) is 4.72 Å². The number of halogens is 1. The number of hydrogen-bond donors (Lipinski definition) is 2. The normalized spacial score (nSPS) is 11.3. The summed E-state index contributed by atoms with van der Waals surface area (Å²) in [7, 11) is -1.82. The van der Waals surface area contributed by atoms with Crippen LogP contribution in [0.15, 0.2) is 53.4 Å². The van der Waals surface area contributed by atoms with E-state index in [1.165, 1.54) is 6.07 Å². The summed E-state index contributed by atoms with van der Waals surface area (Å²) < 4.78 is 27.0. The smallest absolute Gasteiger partial charge is 0.261 e. The molecule has 0 aromatic heterocycles. The molecular weight excluding hydrogens is 296 g/mol. The molecule has 0 unspecified atom stereocenters. The lowest BCUT2D eigenvalue weighted by Crippen LogP contribution is -2.13.